The van der Waals surface area contributed by atoms with Crippen LogP contribution in [0.2, 0.25) is 0 Å². The van der Waals surface area contributed by atoms with Gasteiger partial charge in [-0.2, -0.15) is 5.10 Å². The molecule has 0 radical (unpaired) electrons. The van der Waals surface area contributed by atoms with Crippen molar-refractivity contribution in [1.29, 1.82) is 0 Å². The molecule has 4 rings (SSSR count). The number of rotatable bonds is 6. The molecule has 2 aliphatic rings. The molecule has 3 heterocycles. The van der Waals surface area contributed by atoms with Crippen molar-refractivity contribution in [2.45, 2.75) is 37.3 Å². The highest BCUT2D eigenvalue weighted by atomic mass is 16.5. The molecular formula is C20H26N4O3. The Bertz CT molecular complexity index is 750. The molecule has 2 saturated heterocycles. The molecule has 144 valence electrons. The van der Waals surface area contributed by atoms with Crippen molar-refractivity contribution < 1.29 is 14.3 Å². The number of benzene rings is 1. The average Bonchev–Trinajstić information content (AvgIpc) is 3.41. The summed E-state index contributed by atoms with van der Waals surface area (Å²) in [6.07, 6.45) is 7.29. The second-order valence-corrected chi connectivity index (χ2v) is 7.16. The Kier molecular flexibility index (Phi) is 5.40. The van der Waals surface area contributed by atoms with Crippen LogP contribution >= 0.6 is 0 Å². The summed E-state index contributed by atoms with van der Waals surface area (Å²) in [6, 6.07) is 9.40. The van der Waals surface area contributed by atoms with Crippen molar-refractivity contribution >= 4 is 11.6 Å². The van der Waals surface area contributed by atoms with Crippen LogP contribution in [0.15, 0.2) is 42.7 Å². The number of hydrogen-bond donors (Lipinski definition) is 2. The van der Waals surface area contributed by atoms with Gasteiger partial charge in [-0.3, -0.25) is 9.48 Å². The SMILES string of the molecule is O=C(Nc1cccc(OCC2CCCO2)c1)C1(n2cccn2)CCNCC1. The predicted molar refractivity (Wildman–Crippen MR) is 102 cm³/mol. The van der Waals surface area contributed by atoms with Gasteiger partial charge in [-0.05, 0) is 57.0 Å². The standard InChI is InChI=1S/C20H26N4O3/c25-19(20(7-10-21-11-8-20)24-12-3-9-22-24)23-16-4-1-5-17(14-16)27-15-18-6-2-13-26-18/h1,3-5,9,12,14,18,21H,2,6-8,10-11,13,15H2,(H,23,25). The van der Waals surface area contributed by atoms with Crippen LogP contribution < -0.4 is 15.4 Å². The van der Waals surface area contributed by atoms with E-state index in [0.717, 1.165) is 44.0 Å². The molecule has 1 atom stereocenters. The van der Waals surface area contributed by atoms with Gasteiger partial charge in [-0.25, -0.2) is 0 Å². The zero-order valence-electron chi connectivity index (χ0n) is 15.4. The van der Waals surface area contributed by atoms with Gasteiger partial charge in [0, 0.05) is 30.8 Å². The summed E-state index contributed by atoms with van der Waals surface area (Å²) in [7, 11) is 0. The number of ether oxygens (including phenoxy) is 2. The van der Waals surface area contributed by atoms with Crippen LogP contribution in [-0.4, -0.2) is 48.1 Å². The first-order chi connectivity index (χ1) is 13.3. The van der Waals surface area contributed by atoms with Crippen molar-refractivity contribution in [2.24, 2.45) is 0 Å². The minimum absolute atomic E-state index is 0.0380. The van der Waals surface area contributed by atoms with E-state index in [9.17, 15) is 4.79 Å². The monoisotopic (exact) mass is 370 g/mol. The molecule has 1 unspecified atom stereocenters. The van der Waals surface area contributed by atoms with Gasteiger partial charge in [0.25, 0.3) is 5.91 Å². The first kappa shape index (κ1) is 18.0. The van der Waals surface area contributed by atoms with Crippen molar-refractivity contribution in [3.63, 3.8) is 0 Å². The van der Waals surface area contributed by atoms with E-state index in [1.807, 2.05) is 36.5 Å². The normalized spacial score (nSPS) is 21.7. The zero-order chi connectivity index (χ0) is 18.5. The van der Waals surface area contributed by atoms with E-state index in [-0.39, 0.29) is 12.0 Å². The van der Waals surface area contributed by atoms with Gasteiger partial charge in [0.2, 0.25) is 0 Å². The summed E-state index contributed by atoms with van der Waals surface area (Å²) in [5, 5.41) is 10.7. The fraction of sp³-hybridized carbons (Fsp3) is 0.500. The Labute approximate surface area is 159 Å². The van der Waals surface area contributed by atoms with Crippen molar-refractivity contribution in [2.75, 3.05) is 31.6 Å². The number of anilines is 1. The van der Waals surface area contributed by atoms with Crippen LogP contribution in [0.3, 0.4) is 0 Å². The average molecular weight is 370 g/mol. The van der Waals surface area contributed by atoms with E-state index in [0.29, 0.717) is 19.4 Å². The highest BCUT2D eigenvalue weighted by Gasteiger charge is 2.42. The number of amides is 1. The number of piperidine rings is 1. The van der Waals surface area contributed by atoms with Crippen molar-refractivity contribution in [3.8, 4) is 5.75 Å². The summed E-state index contributed by atoms with van der Waals surface area (Å²) < 4.78 is 13.2. The summed E-state index contributed by atoms with van der Waals surface area (Å²) in [4.78, 5) is 13.2. The molecule has 1 aromatic heterocycles. The zero-order valence-corrected chi connectivity index (χ0v) is 15.4. The second kappa shape index (κ2) is 8.10. The number of hydrogen-bond acceptors (Lipinski definition) is 5. The third-order valence-corrected chi connectivity index (χ3v) is 5.35. The van der Waals surface area contributed by atoms with Gasteiger partial charge in [-0.1, -0.05) is 6.07 Å². The fourth-order valence-corrected chi connectivity index (χ4v) is 3.80. The first-order valence-electron chi connectivity index (χ1n) is 9.63. The lowest BCUT2D eigenvalue weighted by atomic mass is 9.87. The Balaban J connectivity index is 1.45. The Morgan fingerprint density at radius 2 is 2.26 bits per heavy atom. The smallest absolute Gasteiger partial charge is 0.252 e. The van der Waals surface area contributed by atoms with Gasteiger partial charge in [0.15, 0.2) is 0 Å². The lowest BCUT2D eigenvalue weighted by Crippen LogP contribution is -2.52. The maximum atomic E-state index is 13.2. The maximum absolute atomic E-state index is 13.2. The van der Waals surface area contributed by atoms with E-state index >= 15 is 0 Å². The van der Waals surface area contributed by atoms with Gasteiger partial charge in [0.05, 0.1) is 6.10 Å². The van der Waals surface area contributed by atoms with Crippen LogP contribution in [0.4, 0.5) is 5.69 Å². The molecule has 7 heteroatoms. The third kappa shape index (κ3) is 3.99. The Morgan fingerprint density at radius 1 is 1.37 bits per heavy atom. The molecule has 2 aliphatic heterocycles. The minimum Gasteiger partial charge on any atom is -0.491 e. The van der Waals surface area contributed by atoms with Gasteiger partial charge < -0.3 is 20.1 Å². The van der Waals surface area contributed by atoms with E-state index in [1.165, 1.54) is 0 Å². The lowest BCUT2D eigenvalue weighted by molar-refractivity contribution is -0.126. The lowest BCUT2D eigenvalue weighted by Gasteiger charge is -2.36. The largest absolute Gasteiger partial charge is 0.491 e. The highest BCUT2D eigenvalue weighted by Crippen LogP contribution is 2.29. The topological polar surface area (TPSA) is 77.4 Å². The highest BCUT2D eigenvalue weighted by molar-refractivity contribution is 5.96. The van der Waals surface area contributed by atoms with Crippen LogP contribution in [-0.2, 0) is 15.1 Å². The molecule has 2 aromatic rings. The summed E-state index contributed by atoms with van der Waals surface area (Å²) in [6.45, 7) is 2.93. The Morgan fingerprint density at radius 3 is 3.00 bits per heavy atom. The van der Waals surface area contributed by atoms with Crippen LogP contribution in [0.5, 0.6) is 5.75 Å². The number of nitrogens with one attached hydrogen (secondary N) is 2. The van der Waals surface area contributed by atoms with E-state index in [4.69, 9.17) is 9.47 Å². The van der Waals surface area contributed by atoms with Gasteiger partial charge in [-0.15, -0.1) is 0 Å². The number of carbonyl (C=O) groups is 1. The molecule has 0 bridgehead atoms. The van der Waals surface area contributed by atoms with Gasteiger partial charge in [0.1, 0.15) is 17.9 Å². The van der Waals surface area contributed by atoms with Crippen LogP contribution in [0, 0.1) is 0 Å². The number of nitrogens with zero attached hydrogens (tertiary/aromatic N) is 2. The van der Waals surface area contributed by atoms with Gasteiger partial charge >= 0.3 is 0 Å². The molecule has 27 heavy (non-hydrogen) atoms. The predicted octanol–water partition coefficient (Wildman–Crippen LogP) is 2.16. The fourth-order valence-electron chi connectivity index (χ4n) is 3.80. The van der Waals surface area contributed by atoms with E-state index in [2.05, 4.69) is 15.7 Å². The van der Waals surface area contributed by atoms with Crippen LogP contribution in [0.25, 0.3) is 0 Å². The summed E-state index contributed by atoms with van der Waals surface area (Å²) >= 11 is 0. The minimum atomic E-state index is -0.663. The summed E-state index contributed by atoms with van der Waals surface area (Å²) in [5.74, 6) is 0.700. The molecule has 2 N–H and O–H groups in total. The third-order valence-electron chi connectivity index (χ3n) is 5.35. The molecule has 0 saturated carbocycles. The molecule has 1 amide bonds. The molecule has 1 aromatic carbocycles. The number of aromatic nitrogens is 2. The molecule has 0 spiro atoms. The van der Waals surface area contributed by atoms with Crippen LogP contribution in [0.1, 0.15) is 25.7 Å². The van der Waals surface area contributed by atoms with E-state index in [1.54, 1.807) is 10.9 Å². The second-order valence-electron chi connectivity index (χ2n) is 7.16. The molecular weight excluding hydrogens is 344 g/mol. The maximum Gasteiger partial charge on any atom is 0.252 e. The number of carbonyl (C=O) groups excluding carboxylic acids is 1. The quantitative estimate of drug-likeness (QED) is 0.815. The Hall–Kier alpha value is -2.38. The van der Waals surface area contributed by atoms with Crippen molar-refractivity contribution in [1.82, 2.24) is 15.1 Å². The first-order valence-corrected chi connectivity index (χ1v) is 9.63. The molecule has 2 fully saturated rings. The summed E-state index contributed by atoms with van der Waals surface area (Å²) in [5.41, 5.74) is 0.0680. The van der Waals surface area contributed by atoms with Crippen molar-refractivity contribution in [3.05, 3.63) is 42.7 Å². The molecule has 7 nitrogen and oxygen atoms in total. The van der Waals surface area contributed by atoms with E-state index < -0.39 is 5.54 Å². The molecule has 0 aliphatic carbocycles.